The van der Waals surface area contributed by atoms with Crippen LogP contribution in [0.4, 0.5) is 0 Å². The lowest BCUT2D eigenvalue weighted by Gasteiger charge is -2.15. The number of aryl methyl sites for hydroxylation is 1. The van der Waals surface area contributed by atoms with Crippen LogP contribution in [-0.4, -0.2) is 25.5 Å². The molecule has 0 atom stereocenters. The van der Waals surface area contributed by atoms with E-state index in [9.17, 15) is 25.5 Å². The number of benzene rings is 4. The van der Waals surface area contributed by atoms with E-state index >= 15 is 0 Å². The molecule has 0 aliphatic carbocycles. The van der Waals surface area contributed by atoms with Crippen LogP contribution in [0.5, 0.6) is 28.7 Å². The molecule has 0 bridgehead atoms. The molecule has 4 aromatic carbocycles. The van der Waals surface area contributed by atoms with Crippen molar-refractivity contribution >= 4 is 32.3 Å². The Hall–Kier alpha value is -3.34. The number of aromatic hydroxyl groups is 5. The normalized spacial score (nSPS) is 11.5. The van der Waals surface area contributed by atoms with E-state index in [4.69, 9.17) is 0 Å². The van der Waals surface area contributed by atoms with Crippen molar-refractivity contribution in [1.29, 1.82) is 0 Å². The second-order valence-corrected chi connectivity index (χ2v) is 5.92. The summed E-state index contributed by atoms with van der Waals surface area (Å²) in [7, 11) is 0. The molecule has 4 aromatic rings. The molecule has 0 spiro atoms. The van der Waals surface area contributed by atoms with E-state index in [0.29, 0.717) is 10.8 Å². The van der Waals surface area contributed by atoms with Gasteiger partial charge in [-0.05, 0) is 36.1 Å². The monoisotopic (exact) mass is 322 g/mol. The van der Waals surface area contributed by atoms with Crippen molar-refractivity contribution in [3.8, 4) is 28.7 Å². The van der Waals surface area contributed by atoms with Gasteiger partial charge in [-0.15, -0.1) is 0 Å². The summed E-state index contributed by atoms with van der Waals surface area (Å²) in [5.41, 5.74) is 0.792. The molecule has 0 heterocycles. The summed E-state index contributed by atoms with van der Waals surface area (Å²) in [5, 5.41) is 53.3. The Morgan fingerprint density at radius 3 is 2.08 bits per heavy atom. The van der Waals surface area contributed by atoms with Gasteiger partial charge < -0.3 is 25.5 Å². The molecule has 120 valence electrons. The Kier molecular flexibility index (Phi) is 2.72. The molecule has 0 saturated heterocycles. The summed E-state index contributed by atoms with van der Waals surface area (Å²) < 4.78 is 0. The first-order valence-electron chi connectivity index (χ1n) is 7.34. The molecular formula is C19H14O5. The molecular weight excluding hydrogens is 308 g/mol. The second-order valence-electron chi connectivity index (χ2n) is 5.92. The molecule has 0 aliphatic heterocycles. The van der Waals surface area contributed by atoms with Gasteiger partial charge in [0, 0.05) is 16.2 Å². The van der Waals surface area contributed by atoms with Crippen molar-refractivity contribution in [3.63, 3.8) is 0 Å². The minimum atomic E-state index is -0.352. The Balaban J connectivity index is 2.42. The molecule has 5 nitrogen and oxygen atoms in total. The third-order valence-corrected chi connectivity index (χ3v) is 4.35. The van der Waals surface area contributed by atoms with E-state index in [0.717, 1.165) is 5.56 Å². The summed E-state index contributed by atoms with van der Waals surface area (Å²) in [6, 6.07) is 9.18. The lowest BCUT2D eigenvalue weighted by molar-refractivity contribution is 0.456. The molecule has 0 radical (unpaired) electrons. The van der Waals surface area contributed by atoms with Crippen molar-refractivity contribution in [3.05, 3.63) is 42.0 Å². The number of fused-ring (bicyclic) bond motifs is 4. The molecule has 0 aromatic heterocycles. The van der Waals surface area contributed by atoms with E-state index in [-0.39, 0.29) is 50.3 Å². The van der Waals surface area contributed by atoms with Crippen LogP contribution < -0.4 is 0 Å². The van der Waals surface area contributed by atoms with E-state index < -0.39 is 0 Å². The number of hydrogen-bond acceptors (Lipinski definition) is 5. The number of hydrogen-bond donors (Lipinski definition) is 5. The average Bonchev–Trinajstić information content (AvgIpc) is 2.50. The van der Waals surface area contributed by atoms with E-state index in [1.807, 2.05) is 0 Å². The van der Waals surface area contributed by atoms with E-state index in [1.165, 1.54) is 18.2 Å². The van der Waals surface area contributed by atoms with Gasteiger partial charge in [0.05, 0.1) is 10.8 Å². The van der Waals surface area contributed by atoms with Crippen LogP contribution in [0.2, 0.25) is 0 Å². The maximum absolute atomic E-state index is 10.7. The Morgan fingerprint density at radius 2 is 1.33 bits per heavy atom. The van der Waals surface area contributed by atoms with Gasteiger partial charge >= 0.3 is 0 Å². The molecule has 24 heavy (non-hydrogen) atoms. The SMILES string of the molecule is Cc1cc(O)c2c(c1)cc(O)c1c(O)c3c(O)cccc3c(O)c12. The fraction of sp³-hybridized carbons (Fsp3) is 0.0526. The van der Waals surface area contributed by atoms with Gasteiger partial charge in [0.1, 0.15) is 28.7 Å². The predicted octanol–water partition coefficient (Wildman–Crippen LogP) is 3.98. The zero-order chi connectivity index (χ0) is 17.2. The largest absolute Gasteiger partial charge is 0.507 e. The quantitative estimate of drug-likeness (QED) is 0.191. The van der Waals surface area contributed by atoms with Gasteiger partial charge in [-0.2, -0.15) is 0 Å². The third kappa shape index (κ3) is 1.69. The Bertz CT molecular complexity index is 1160. The third-order valence-electron chi connectivity index (χ3n) is 4.35. The van der Waals surface area contributed by atoms with Crippen molar-refractivity contribution in [2.24, 2.45) is 0 Å². The summed E-state index contributed by atoms with van der Waals surface area (Å²) in [4.78, 5) is 0. The molecule has 5 N–H and O–H groups in total. The lowest BCUT2D eigenvalue weighted by atomic mass is 9.93. The predicted molar refractivity (Wildman–Crippen MR) is 92.0 cm³/mol. The number of phenols is 5. The van der Waals surface area contributed by atoms with E-state index in [2.05, 4.69) is 0 Å². The molecule has 0 saturated carbocycles. The molecule has 0 aliphatic rings. The van der Waals surface area contributed by atoms with Gasteiger partial charge in [-0.1, -0.05) is 18.2 Å². The topological polar surface area (TPSA) is 101 Å². The number of rotatable bonds is 0. The molecule has 4 rings (SSSR count). The maximum Gasteiger partial charge on any atom is 0.138 e. The van der Waals surface area contributed by atoms with Gasteiger partial charge in [-0.25, -0.2) is 0 Å². The van der Waals surface area contributed by atoms with Crippen molar-refractivity contribution < 1.29 is 25.5 Å². The highest BCUT2D eigenvalue weighted by Crippen LogP contribution is 2.51. The summed E-state index contributed by atoms with van der Waals surface area (Å²) in [5.74, 6) is -1.11. The Labute approximate surface area is 136 Å². The fourth-order valence-corrected chi connectivity index (χ4v) is 3.38. The highest BCUT2D eigenvalue weighted by Gasteiger charge is 2.22. The first-order chi connectivity index (χ1) is 11.4. The first kappa shape index (κ1) is 14.3. The summed E-state index contributed by atoms with van der Waals surface area (Å²) in [6.07, 6.45) is 0. The minimum Gasteiger partial charge on any atom is -0.507 e. The van der Waals surface area contributed by atoms with E-state index in [1.54, 1.807) is 25.1 Å². The smallest absolute Gasteiger partial charge is 0.138 e. The van der Waals surface area contributed by atoms with Crippen molar-refractivity contribution in [1.82, 2.24) is 0 Å². The lowest BCUT2D eigenvalue weighted by Crippen LogP contribution is -1.87. The summed E-state index contributed by atoms with van der Waals surface area (Å²) in [6.45, 7) is 1.80. The Morgan fingerprint density at radius 1 is 0.625 bits per heavy atom. The van der Waals surface area contributed by atoms with Crippen LogP contribution in [0, 0.1) is 6.92 Å². The van der Waals surface area contributed by atoms with Crippen LogP contribution in [0.15, 0.2) is 36.4 Å². The zero-order valence-electron chi connectivity index (χ0n) is 12.7. The maximum atomic E-state index is 10.7. The van der Waals surface area contributed by atoms with Gasteiger partial charge in [0.25, 0.3) is 0 Å². The first-order valence-corrected chi connectivity index (χ1v) is 7.34. The molecule has 0 unspecified atom stereocenters. The molecule has 0 amide bonds. The minimum absolute atomic E-state index is 0.0202. The van der Waals surface area contributed by atoms with Crippen molar-refractivity contribution in [2.75, 3.05) is 0 Å². The standard InChI is InChI=1S/C19H14O5/c1-8-5-9-7-13(22)16-17(14(9)12(21)6-8)18(23)10-3-2-4-11(20)15(10)19(16)24/h2-7,20-24H,1H3. The van der Waals surface area contributed by atoms with Gasteiger partial charge in [0.15, 0.2) is 0 Å². The van der Waals surface area contributed by atoms with Crippen LogP contribution in [-0.2, 0) is 0 Å². The van der Waals surface area contributed by atoms with Gasteiger partial charge in [0.2, 0.25) is 0 Å². The highest BCUT2D eigenvalue weighted by atomic mass is 16.3. The van der Waals surface area contributed by atoms with Crippen molar-refractivity contribution in [2.45, 2.75) is 6.92 Å². The number of phenolic OH excluding ortho intramolecular Hbond substituents is 5. The summed E-state index contributed by atoms with van der Waals surface area (Å²) >= 11 is 0. The average molecular weight is 322 g/mol. The van der Waals surface area contributed by atoms with Crippen LogP contribution >= 0.6 is 0 Å². The highest BCUT2D eigenvalue weighted by molar-refractivity contribution is 6.24. The molecule has 5 heteroatoms. The second kappa shape index (κ2) is 4.58. The van der Waals surface area contributed by atoms with Crippen LogP contribution in [0.1, 0.15) is 5.56 Å². The fourth-order valence-electron chi connectivity index (χ4n) is 3.38. The zero-order valence-corrected chi connectivity index (χ0v) is 12.7. The molecule has 0 fully saturated rings. The van der Waals surface area contributed by atoms with Crippen LogP contribution in [0.25, 0.3) is 32.3 Å². The van der Waals surface area contributed by atoms with Crippen LogP contribution in [0.3, 0.4) is 0 Å². The van der Waals surface area contributed by atoms with Gasteiger partial charge in [-0.3, -0.25) is 0 Å².